The van der Waals surface area contributed by atoms with Crippen molar-refractivity contribution in [3.63, 3.8) is 0 Å². The van der Waals surface area contributed by atoms with Crippen molar-refractivity contribution in [1.29, 1.82) is 0 Å². The number of furan rings is 2. The minimum atomic E-state index is -0.174. The summed E-state index contributed by atoms with van der Waals surface area (Å²) in [5, 5.41) is 4.03. The van der Waals surface area contributed by atoms with Crippen LogP contribution in [0.1, 0.15) is 47.2 Å². The summed E-state index contributed by atoms with van der Waals surface area (Å²) in [6.45, 7) is 4.49. The van der Waals surface area contributed by atoms with Crippen molar-refractivity contribution in [2.75, 3.05) is 19.6 Å². The van der Waals surface area contributed by atoms with Gasteiger partial charge >= 0.3 is 0 Å². The van der Waals surface area contributed by atoms with E-state index in [4.69, 9.17) is 8.83 Å². The maximum Gasteiger partial charge on any atom is 0.287 e. The molecule has 1 aliphatic heterocycles. The summed E-state index contributed by atoms with van der Waals surface area (Å²) in [6.07, 6.45) is 5.34. The maximum absolute atomic E-state index is 12.7. The fourth-order valence-electron chi connectivity index (χ4n) is 3.78. The third kappa shape index (κ3) is 3.27. The molecule has 5 nitrogen and oxygen atoms in total. The lowest BCUT2D eigenvalue weighted by Crippen LogP contribution is -2.40. The highest BCUT2D eigenvalue weighted by molar-refractivity contribution is 5.98. The monoisotopic (exact) mass is 352 g/mol. The van der Waals surface area contributed by atoms with E-state index in [0.29, 0.717) is 12.3 Å². The quantitative estimate of drug-likeness (QED) is 0.744. The highest BCUT2D eigenvalue weighted by atomic mass is 16.3. The second-order valence-corrected chi connectivity index (χ2v) is 6.89. The number of piperidine rings is 1. The normalized spacial score (nSPS) is 16.7. The molecule has 0 unspecified atom stereocenters. The first-order valence-electron chi connectivity index (χ1n) is 9.28. The predicted molar refractivity (Wildman–Crippen MR) is 100 cm³/mol. The molecule has 0 saturated carbocycles. The zero-order valence-corrected chi connectivity index (χ0v) is 15.0. The van der Waals surface area contributed by atoms with Gasteiger partial charge in [0.05, 0.1) is 12.3 Å². The molecule has 1 aromatic carbocycles. The Morgan fingerprint density at radius 1 is 1.15 bits per heavy atom. The topological polar surface area (TPSA) is 58.6 Å². The summed E-state index contributed by atoms with van der Waals surface area (Å²) in [5.41, 5.74) is 1.62. The number of hydrogen-bond acceptors (Lipinski definition) is 4. The minimum absolute atomic E-state index is 0.0546. The van der Waals surface area contributed by atoms with Crippen LogP contribution in [0.15, 0.2) is 51.5 Å². The first kappa shape index (κ1) is 16.9. The zero-order valence-electron chi connectivity index (χ0n) is 15.0. The minimum Gasteiger partial charge on any atom is -0.468 e. The Morgan fingerprint density at radius 3 is 2.69 bits per heavy atom. The van der Waals surface area contributed by atoms with Crippen LogP contribution in [0.3, 0.4) is 0 Å². The van der Waals surface area contributed by atoms with Crippen LogP contribution in [0.5, 0.6) is 0 Å². The molecule has 1 N–H and O–H groups in total. The van der Waals surface area contributed by atoms with Crippen molar-refractivity contribution in [2.24, 2.45) is 0 Å². The molecule has 1 amide bonds. The van der Waals surface area contributed by atoms with Crippen LogP contribution in [0, 0.1) is 6.92 Å². The van der Waals surface area contributed by atoms with Gasteiger partial charge in [0.1, 0.15) is 11.3 Å². The molecular formula is C21H24N2O3. The molecule has 1 saturated heterocycles. The van der Waals surface area contributed by atoms with Gasteiger partial charge in [0.2, 0.25) is 0 Å². The Hall–Kier alpha value is -2.53. The van der Waals surface area contributed by atoms with Crippen LogP contribution in [0.2, 0.25) is 0 Å². The molecule has 1 aliphatic rings. The van der Waals surface area contributed by atoms with Gasteiger partial charge in [0.25, 0.3) is 5.91 Å². The molecular weight excluding hydrogens is 328 g/mol. The van der Waals surface area contributed by atoms with Gasteiger partial charge in [-0.1, -0.05) is 24.6 Å². The molecule has 3 aromatic rings. The van der Waals surface area contributed by atoms with Crippen molar-refractivity contribution in [3.8, 4) is 0 Å². The number of nitrogens with one attached hydrogen (secondary N) is 1. The number of fused-ring (bicyclic) bond motifs is 1. The third-order valence-corrected chi connectivity index (χ3v) is 5.21. The lowest BCUT2D eigenvalue weighted by molar-refractivity contribution is 0.0888. The number of amides is 1. The summed E-state index contributed by atoms with van der Waals surface area (Å²) in [5.74, 6) is 1.11. The summed E-state index contributed by atoms with van der Waals surface area (Å²) in [7, 11) is 0. The van der Waals surface area contributed by atoms with Gasteiger partial charge in [0, 0.05) is 17.5 Å². The van der Waals surface area contributed by atoms with Crippen molar-refractivity contribution < 1.29 is 13.6 Å². The number of hydrogen-bond donors (Lipinski definition) is 1. The van der Waals surface area contributed by atoms with Gasteiger partial charge in [-0.2, -0.15) is 0 Å². The number of benzene rings is 1. The van der Waals surface area contributed by atoms with Crippen LogP contribution in [-0.2, 0) is 0 Å². The van der Waals surface area contributed by atoms with E-state index in [1.807, 2.05) is 43.3 Å². The number of rotatable bonds is 5. The molecule has 136 valence electrons. The van der Waals surface area contributed by atoms with Gasteiger partial charge in [0.15, 0.2) is 5.76 Å². The van der Waals surface area contributed by atoms with Crippen molar-refractivity contribution in [1.82, 2.24) is 10.2 Å². The number of aryl methyl sites for hydroxylation is 1. The number of nitrogens with zero attached hydrogens (tertiary/aromatic N) is 1. The first-order chi connectivity index (χ1) is 12.7. The van der Waals surface area contributed by atoms with E-state index in [1.165, 1.54) is 19.3 Å². The average molecular weight is 352 g/mol. The second kappa shape index (κ2) is 7.38. The smallest absolute Gasteiger partial charge is 0.287 e. The standard InChI is InChI=1S/C21H24N2O3/c1-15-16-8-3-4-9-18(16)26-20(15)21(24)22-14-17(19-10-7-13-25-19)23-11-5-2-6-12-23/h3-4,7-10,13,17H,2,5-6,11-12,14H2,1H3,(H,22,24)/t17-/m0/s1. The number of carbonyl (C=O) groups excluding carboxylic acids is 1. The van der Waals surface area contributed by atoms with Gasteiger partial charge in [-0.25, -0.2) is 0 Å². The van der Waals surface area contributed by atoms with Crippen molar-refractivity contribution in [3.05, 3.63) is 59.7 Å². The fourth-order valence-corrected chi connectivity index (χ4v) is 3.78. The largest absolute Gasteiger partial charge is 0.468 e. The van der Waals surface area contributed by atoms with E-state index < -0.39 is 0 Å². The second-order valence-electron chi connectivity index (χ2n) is 6.89. The molecule has 5 heteroatoms. The van der Waals surface area contributed by atoms with E-state index in [0.717, 1.165) is 35.4 Å². The summed E-state index contributed by atoms with van der Waals surface area (Å²) in [4.78, 5) is 15.1. The van der Waals surface area contributed by atoms with Crippen LogP contribution in [0.25, 0.3) is 11.0 Å². The van der Waals surface area contributed by atoms with Gasteiger partial charge in [-0.15, -0.1) is 0 Å². The Kier molecular flexibility index (Phi) is 4.80. The van der Waals surface area contributed by atoms with Crippen LogP contribution >= 0.6 is 0 Å². The molecule has 0 radical (unpaired) electrons. The molecule has 0 bridgehead atoms. The first-order valence-corrected chi connectivity index (χ1v) is 9.28. The highest BCUT2D eigenvalue weighted by Crippen LogP contribution is 2.26. The predicted octanol–water partition coefficient (Wildman–Crippen LogP) is 4.29. The molecule has 26 heavy (non-hydrogen) atoms. The van der Waals surface area contributed by atoms with E-state index in [2.05, 4.69) is 10.2 Å². The van der Waals surface area contributed by atoms with Crippen LogP contribution in [-0.4, -0.2) is 30.4 Å². The summed E-state index contributed by atoms with van der Waals surface area (Å²) >= 11 is 0. The average Bonchev–Trinajstić information content (AvgIpc) is 3.32. The summed E-state index contributed by atoms with van der Waals surface area (Å²) < 4.78 is 11.4. The van der Waals surface area contributed by atoms with Gasteiger partial charge in [-0.3, -0.25) is 9.69 Å². The third-order valence-electron chi connectivity index (χ3n) is 5.21. The summed E-state index contributed by atoms with van der Waals surface area (Å²) in [6, 6.07) is 11.7. The maximum atomic E-state index is 12.7. The Morgan fingerprint density at radius 2 is 1.96 bits per heavy atom. The fraction of sp³-hybridized carbons (Fsp3) is 0.381. The van der Waals surface area contributed by atoms with E-state index in [-0.39, 0.29) is 11.9 Å². The molecule has 2 aromatic heterocycles. The lowest BCUT2D eigenvalue weighted by atomic mass is 10.1. The molecule has 4 rings (SSSR count). The number of carbonyl (C=O) groups is 1. The lowest BCUT2D eigenvalue weighted by Gasteiger charge is -2.33. The molecule has 0 spiro atoms. The highest BCUT2D eigenvalue weighted by Gasteiger charge is 2.26. The zero-order chi connectivity index (χ0) is 17.9. The Bertz CT molecular complexity index is 876. The Labute approximate surface area is 153 Å². The van der Waals surface area contributed by atoms with E-state index in [1.54, 1.807) is 6.26 Å². The van der Waals surface area contributed by atoms with Crippen molar-refractivity contribution >= 4 is 16.9 Å². The Balaban J connectivity index is 1.51. The van der Waals surface area contributed by atoms with E-state index >= 15 is 0 Å². The molecule has 0 aliphatic carbocycles. The molecule has 1 fully saturated rings. The van der Waals surface area contributed by atoms with E-state index in [9.17, 15) is 4.79 Å². The van der Waals surface area contributed by atoms with Gasteiger partial charge < -0.3 is 14.2 Å². The van der Waals surface area contributed by atoms with Crippen molar-refractivity contribution in [2.45, 2.75) is 32.2 Å². The van der Waals surface area contributed by atoms with Gasteiger partial charge in [-0.05, 0) is 51.1 Å². The molecule has 3 heterocycles. The number of para-hydroxylation sites is 1. The number of likely N-dealkylation sites (tertiary alicyclic amines) is 1. The van der Waals surface area contributed by atoms with Crippen LogP contribution in [0.4, 0.5) is 0 Å². The molecule has 1 atom stereocenters. The van der Waals surface area contributed by atoms with Crippen LogP contribution < -0.4 is 5.32 Å². The SMILES string of the molecule is Cc1c(C(=O)NC[C@@H](c2ccco2)N2CCCCC2)oc2ccccc12.